The van der Waals surface area contributed by atoms with E-state index in [0.717, 1.165) is 33.4 Å². The Hall–Kier alpha value is -4.42. The van der Waals surface area contributed by atoms with Gasteiger partial charge in [0, 0.05) is 29.8 Å². The number of fused-ring (bicyclic) bond motifs is 3. The number of benzene rings is 2. The van der Waals surface area contributed by atoms with Crippen LogP contribution in [0.5, 0.6) is 0 Å². The van der Waals surface area contributed by atoms with E-state index in [2.05, 4.69) is 31.9 Å². The molecule has 1 aliphatic heterocycles. The molecule has 4 heterocycles. The van der Waals surface area contributed by atoms with E-state index in [9.17, 15) is 5.26 Å². The Morgan fingerprint density at radius 1 is 1.16 bits per heavy atom. The van der Waals surface area contributed by atoms with Crippen LogP contribution < -0.4 is 5.32 Å². The lowest BCUT2D eigenvalue weighted by Gasteiger charge is -2.26. The fraction of sp³-hybridized carbons (Fsp3) is 0.130. The SMILES string of the molecule is COCn1cc(C2=C(C#N)C(c3cccc4nonc34)c3cn[nH]c3N2)c2ccccc21. The van der Waals surface area contributed by atoms with Crippen LogP contribution in [0.3, 0.4) is 0 Å². The first-order valence-corrected chi connectivity index (χ1v) is 10.0. The van der Waals surface area contributed by atoms with Gasteiger partial charge in [0.15, 0.2) is 0 Å². The second-order valence-electron chi connectivity index (χ2n) is 7.59. The molecule has 156 valence electrons. The van der Waals surface area contributed by atoms with Crippen LogP contribution in [0.25, 0.3) is 27.6 Å². The number of allylic oxidation sites excluding steroid dienone is 1. The number of hydrogen-bond donors (Lipinski definition) is 2. The maximum absolute atomic E-state index is 10.4. The molecular weight excluding hydrogens is 406 g/mol. The monoisotopic (exact) mass is 423 g/mol. The second kappa shape index (κ2) is 7.08. The number of rotatable bonds is 4. The first-order valence-electron chi connectivity index (χ1n) is 10.0. The Morgan fingerprint density at radius 2 is 2.06 bits per heavy atom. The number of para-hydroxylation sites is 1. The first kappa shape index (κ1) is 18.4. The van der Waals surface area contributed by atoms with E-state index in [1.165, 1.54) is 0 Å². The summed E-state index contributed by atoms with van der Waals surface area (Å²) in [7, 11) is 1.66. The van der Waals surface area contributed by atoms with Crippen LogP contribution >= 0.6 is 0 Å². The van der Waals surface area contributed by atoms with Gasteiger partial charge in [-0.15, -0.1) is 0 Å². The fourth-order valence-corrected chi connectivity index (χ4v) is 4.51. The van der Waals surface area contributed by atoms with Crippen molar-refractivity contribution in [2.45, 2.75) is 12.6 Å². The third-order valence-corrected chi connectivity index (χ3v) is 5.86. The normalized spacial score (nSPS) is 15.7. The van der Waals surface area contributed by atoms with Gasteiger partial charge in [0.25, 0.3) is 0 Å². The molecule has 2 aromatic carbocycles. The van der Waals surface area contributed by atoms with Crippen molar-refractivity contribution in [1.29, 1.82) is 5.26 Å². The number of aromatic nitrogens is 5. The van der Waals surface area contributed by atoms with Gasteiger partial charge >= 0.3 is 0 Å². The molecule has 32 heavy (non-hydrogen) atoms. The predicted octanol–water partition coefficient (Wildman–Crippen LogP) is 4.00. The minimum absolute atomic E-state index is 0.384. The van der Waals surface area contributed by atoms with Gasteiger partial charge in [-0.05, 0) is 28.0 Å². The molecule has 0 radical (unpaired) electrons. The van der Waals surface area contributed by atoms with Gasteiger partial charge in [-0.3, -0.25) is 5.10 Å². The van der Waals surface area contributed by atoms with E-state index >= 15 is 0 Å². The number of nitriles is 1. The molecule has 0 saturated heterocycles. The van der Waals surface area contributed by atoms with Crippen molar-refractivity contribution >= 4 is 33.5 Å². The molecule has 3 aromatic heterocycles. The first-order chi connectivity index (χ1) is 15.8. The molecule has 0 saturated carbocycles. The fourth-order valence-electron chi connectivity index (χ4n) is 4.51. The zero-order valence-electron chi connectivity index (χ0n) is 17.0. The van der Waals surface area contributed by atoms with Gasteiger partial charge in [-0.2, -0.15) is 10.4 Å². The molecule has 1 aliphatic rings. The highest BCUT2D eigenvalue weighted by Crippen LogP contribution is 2.45. The van der Waals surface area contributed by atoms with Crippen molar-refractivity contribution in [3.63, 3.8) is 0 Å². The smallest absolute Gasteiger partial charge is 0.139 e. The molecular formula is C23H17N7O2. The topological polar surface area (TPSA) is 118 Å². The maximum Gasteiger partial charge on any atom is 0.139 e. The Morgan fingerprint density at radius 3 is 2.94 bits per heavy atom. The Bertz CT molecular complexity index is 1550. The van der Waals surface area contributed by atoms with Gasteiger partial charge < -0.3 is 14.6 Å². The number of ether oxygens (including phenoxy) is 1. The van der Waals surface area contributed by atoms with Crippen LogP contribution in [-0.4, -0.2) is 32.2 Å². The van der Waals surface area contributed by atoms with Crippen LogP contribution in [-0.2, 0) is 11.5 Å². The van der Waals surface area contributed by atoms with Crippen molar-refractivity contribution in [3.05, 3.63) is 77.1 Å². The Balaban J connectivity index is 1.64. The highest BCUT2D eigenvalue weighted by molar-refractivity contribution is 5.99. The van der Waals surface area contributed by atoms with E-state index < -0.39 is 0 Å². The molecule has 2 N–H and O–H groups in total. The van der Waals surface area contributed by atoms with Crippen molar-refractivity contribution in [2.24, 2.45) is 0 Å². The third kappa shape index (κ3) is 2.57. The van der Waals surface area contributed by atoms with Crippen LogP contribution in [0.1, 0.15) is 22.6 Å². The number of H-pyrrole nitrogens is 1. The quantitative estimate of drug-likeness (QED) is 0.449. The number of methoxy groups -OCH3 is 1. The highest BCUT2D eigenvalue weighted by atomic mass is 16.6. The number of hydrogen-bond acceptors (Lipinski definition) is 7. The van der Waals surface area contributed by atoms with Crippen LogP contribution in [0, 0.1) is 11.3 Å². The molecule has 9 nitrogen and oxygen atoms in total. The lowest BCUT2D eigenvalue weighted by Crippen LogP contribution is -2.17. The van der Waals surface area contributed by atoms with Crippen molar-refractivity contribution in [3.8, 4) is 6.07 Å². The van der Waals surface area contributed by atoms with Crippen LogP contribution in [0.4, 0.5) is 5.82 Å². The molecule has 0 amide bonds. The largest absolute Gasteiger partial charge is 0.364 e. The lowest BCUT2D eigenvalue weighted by molar-refractivity contribution is 0.135. The Kier molecular flexibility index (Phi) is 4.06. The molecule has 0 spiro atoms. The summed E-state index contributed by atoms with van der Waals surface area (Å²) in [5.41, 5.74) is 6.17. The molecule has 6 rings (SSSR count). The third-order valence-electron chi connectivity index (χ3n) is 5.86. The molecule has 9 heteroatoms. The zero-order valence-corrected chi connectivity index (χ0v) is 17.0. The number of anilines is 1. The summed E-state index contributed by atoms with van der Waals surface area (Å²) in [5.74, 6) is 0.353. The van der Waals surface area contributed by atoms with E-state index in [0.29, 0.717) is 29.0 Å². The molecule has 0 fully saturated rings. The second-order valence-corrected chi connectivity index (χ2v) is 7.59. The predicted molar refractivity (Wildman–Crippen MR) is 117 cm³/mol. The molecule has 1 unspecified atom stereocenters. The lowest BCUT2D eigenvalue weighted by atomic mass is 9.81. The van der Waals surface area contributed by atoms with Crippen LogP contribution in [0.15, 0.2) is 65.1 Å². The summed E-state index contributed by atoms with van der Waals surface area (Å²) in [5, 5.41) is 30.1. The number of aromatic amines is 1. The van der Waals surface area contributed by atoms with E-state index in [1.54, 1.807) is 13.3 Å². The summed E-state index contributed by atoms with van der Waals surface area (Å²) >= 11 is 0. The molecule has 0 bridgehead atoms. The molecule has 0 aliphatic carbocycles. The van der Waals surface area contributed by atoms with Crippen molar-refractivity contribution in [1.82, 2.24) is 25.1 Å². The summed E-state index contributed by atoms with van der Waals surface area (Å²) < 4.78 is 12.4. The average molecular weight is 423 g/mol. The average Bonchev–Trinajstić information content (AvgIpc) is 3.56. The van der Waals surface area contributed by atoms with Gasteiger partial charge in [0.1, 0.15) is 23.6 Å². The van der Waals surface area contributed by atoms with Crippen molar-refractivity contribution < 1.29 is 9.37 Å². The van der Waals surface area contributed by atoms with Crippen molar-refractivity contribution in [2.75, 3.05) is 12.4 Å². The van der Waals surface area contributed by atoms with E-state index in [4.69, 9.17) is 9.37 Å². The van der Waals surface area contributed by atoms with E-state index in [-0.39, 0.29) is 5.92 Å². The zero-order chi connectivity index (χ0) is 21.7. The molecule has 1 atom stereocenters. The van der Waals surface area contributed by atoms with Gasteiger partial charge in [-0.1, -0.05) is 30.3 Å². The highest BCUT2D eigenvalue weighted by Gasteiger charge is 2.34. The maximum atomic E-state index is 10.4. The summed E-state index contributed by atoms with van der Waals surface area (Å²) in [6, 6.07) is 16.2. The minimum atomic E-state index is -0.384. The molecule has 5 aromatic rings. The number of nitrogens with zero attached hydrogens (tertiary/aromatic N) is 5. The number of nitrogens with one attached hydrogen (secondary N) is 2. The van der Waals surface area contributed by atoms with Gasteiger partial charge in [0.2, 0.25) is 0 Å². The summed E-state index contributed by atoms with van der Waals surface area (Å²) in [6.07, 6.45) is 3.74. The summed E-state index contributed by atoms with van der Waals surface area (Å²) in [4.78, 5) is 0. The minimum Gasteiger partial charge on any atom is -0.364 e. The standard InChI is InChI=1S/C23H17N7O2/c1-31-12-30-11-17(13-5-2-3-8-19(13)30)21-15(9-24)20(16-10-25-27-23(16)26-21)14-6-4-7-18-22(14)29-32-28-18/h2-8,10-11,20H,12H2,1H3,(H2,25,26,27). The summed E-state index contributed by atoms with van der Waals surface area (Å²) in [6.45, 7) is 0.401. The van der Waals surface area contributed by atoms with Gasteiger partial charge in [0.05, 0.1) is 35.0 Å². The van der Waals surface area contributed by atoms with Crippen LogP contribution in [0.2, 0.25) is 0 Å². The Labute approximate surface area is 181 Å². The van der Waals surface area contributed by atoms with Gasteiger partial charge in [-0.25, -0.2) is 4.63 Å². The van der Waals surface area contributed by atoms with E-state index in [1.807, 2.05) is 53.2 Å².